The van der Waals surface area contributed by atoms with E-state index < -0.39 is 0 Å². The number of hydrogen-bond acceptors (Lipinski definition) is 3. The van der Waals surface area contributed by atoms with Crippen molar-refractivity contribution >= 4 is 34.0 Å². The second kappa shape index (κ2) is 6.36. The van der Waals surface area contributed by atoms with Crippen LogP contribution < -0.4 is 5.32 Å². The predicted octanol–water partition coefficient (Wildman–Crippen LogP) is 4.10. The number of hydrogen-bond donors (Lipinski definition) is 1. The number of halogens is 1. The third-order valence-corrected chi connectivity index (χ3v) is 4.26. The van der Waals surface area contributed by atoms with Crippen LogP contribution in [-0.4, -0.2) is 10.9 Å². The zero-order valence-electron chi connectivity index (χ0n) is 9.75. The molecule has 1 amide bonds. The topological polar surface area (TPSA) is 42.0 Å². The Morgan fingerprint density at radius 1 is 1.47 bits per heavy atom. The molecule has 1 aliphatic rings. The molecule has 0 spiro atoms. The first kappa shape index (κ1) is 12.8. The first-order chi connectivity index (χ1) is 8.24. The van der Waals surface area contributed by atoms with E-state index in [0.29, 0.717) is 15.9 Å². The number of carbonyl (C=O) groups excluding carboxylic acids is 1. The summed E-state index contributed by atoms with van der Waals surface area (Å²) in [7, 11) is 0. The molecule has 1 aromatic rings. The van der Waals surface area contributed by atoms with Crippen LogP contribution in [0.25, 0.3) is 0 Å². The predicted molar refractivity (Wildman–Crippen MR) is 71.6 cm³/mol. The van der Waals surface area contributed by atoms with Gasteiger partial charge >= 0.3 is 0 Å². The average Bonchev–Trinajstić information content (AvgIpc) is 2.73. The number of rotatable bonds is 4. The molecule has 5 heteroatoms. The minimum atomic E-state index is 0.0570. The fourth-order valence-corrected chi connectivity index (χ4v) is 3.13. The molecule has 0 aromatic carbocycles. The van der Waals surface area contributed by atoms with E-state index in [1.54, 1.807) is 6.20 Å². The summed E-state index contributed by atoms with van der Waals surface area (Å²) in [5, 5.41) is 3.39. The molecule has 0 atom stereocenters. The number of amides is 1. The molecule has 0 radical (unpaired) electrons. The number of thiazole rings is 1. The summed E-state index contributed by atoms with van der Waals surface area (Å²) in [5.74, 6) is 0.802. The maximum atomic E-state index is 11.7. The van der Waals surface area contributed by atoms with Crippen LogP contribution in [0.1, 0.15) is 44.9 Å². The largest absolute Gasteiger partial charge is 0.302 e. The smallest absolute Gasteiger partial charge is 0.226 e. The molecule has 1 aliphatic carbocycles. The molecule has 1 N–H and O–H groups in total. The fourth-order valence-electron chi connectivity index (χ4n) is 2.31. The van der Waals surface area contributed by atoms with E-state index in [1.165, 1.54) is 43.4 Å². The number of nitrogens with one attached hydrogen (secondary N) is 1. The molecule has 0 bridgehead atoms. The van der Waals surface area contributed by atoms with Crippen molar-refractivity contribution in [1.29, 1.82) is 0 Å². The van der Waals surface area contributed by atoms with Crippen molar-refractivity contribution in [3.8, 4) is 0 Å². The van der Waals surface area contributed by atoms with Crippen molar-refractivity contribution in [1.82, 2.24) is 4.98 Å². The summed E-state index contributed by atoms with van der Waals surface area (Å²) in [5.41, 5.74) is 0. The lowest BCUT2D eigenvalue weighted by Crippen LogP contribution is -2.14. The highest BCUT2D eigenvalue weighted by Crippen LogP contribution is 2.28. The number of aromatic nitrogens is 1. The first-order valence-electron chi connectivity index (χ1n) is 6.15. The lowest BCUT2D eigenvalue weighted by atomic mass is 9.86. The van der Waals surface area contributed by atoms with E-state index >= 15 is 0 Å². The van der Waals surface area contributed by atoms with E-state index in [1.807, 2.05) is 0 Å². The summed E-state index contributed by atoms with van der Waals surface area (Å²) < 4.78 is 0.604. The van der Waals surface area contributed by atoms with Crippen molar-refractivity contribution in [3.63, 3.8) is 0 Å². The van der Waals surface area contributed by atoms with Gasteiger partial charge in [0, 0.05) is 6.42 Å². The number of anilines is 1. The monoisotopic (exact) mass is 272 g/mol. The first-order valence-corrected chi connectivity index (χ1v) is 7.34. The molecule has 2 rings (SSSR count). The Bertz CT molecular complexity index is 374. The van der Waals surface area contributed by atoms with Gasteiger partial charge in [0.25, 0.3) is 0 Å². The highest BCUT2D eigenvalue weighted by atomic mass is 35.5. The Morgan fingerprint density at radius 2 is 2.24 bits per heavy atom. The highest BCUT2D eigenvalue weighted by Gasteiger charge is 2.15. The van der Waals surface area contributed by atoms with Crippen molar-refractivity contribution in [3.05, 3.63) is 10.5 Å². The van der Waals surface area contributed by atoms with Crippen LogP contribution in [-0.2, 0) is 4.79 Å². The molecule has 1 heterocycles. The quantitative estimate of drug-likeness (QED) is 0.897. The van der Waals surface area contributed by atoms with Gasteiger partial charge in [-0.15, -0.1) is 0 Å². The van der Waals surface area contributed by atoms with Crippen LogP contribution in [0.15, 0.2) is 6.20 Å². The van der Waals surface area contributed by atoms with E-state index in [0.717, 1.165) is 12.3 Å². The molecule has 1 fully saturated rings. The van der Waals surface area contributed by atoms with E-state index in [2.05, 4.69) is 10.3 Å². The third kappa shape index (κ3) is 4.28. The Hall–Kier alpha value is -0.610. The molecule has 1 saturated carbocycles. The van der Waals surface area contributed by atoms with Crippen LogP contribution in [0.4, 0.5) is 5.13 Å². The molecular weight excluding hydrogens is 256 g/mol. The Morgan fingerprint density at radius 3 is 2.88 bits per heavy atom. The normalized spacial score (nSPS) is 17.0. The Balaban J connectivity index is 1.70. The molecule has 1 aromatic heterocycles. The minimum absolute atomic E-state index is 0.0570. The maximum absolute atomic E-state index is 11.7. The van der Waals surface area contributed by atoms with Gasteiger partial charge in [0.15, 0.2) is 5.13 Å². The summed E-state index contributed by atoms with van der Waals surface area (Å²) in [6, 6.07) is 0. The fraction of sp³-hybridized carbons (Fsp3) is 0.667. The van der Waals surface area contributed by atoms with Crippen molar-refractivity contribution in [2.75, 3.05) is 5.32 Å². The van der Waals surface area contributed by atoms with Gasteiger partial charge in [-0.2, -0.15) is 0 Å². The van der Waals surface area contributed by atoms with Crippen LogP contribution in [0.2, 0.25) is 4.34 Å². The molecule has 0 saturated heterocycles. The van der Waals surface area contributed by atoms with Gasteiger partial charge < -0.3 is 5.32 Å². The van der Waals surface area contributed by atoms with Crippen LogP contribution in [0, 0.1) is 5.92 Å². The van der Waals surface area contributed by atoms with E-state index in [9.17, 15) is 4.79 Å². The van der Waals surface area contributed by atoms with Gasteiger partial charge in [-0.1, -0.05) is 55.0 Å². The SMILES string of the molecule is O=C(CCC1CCCCC1)Nc1ncc(Cl)s1. The van der Waals surface area contributed by atoms with Crippen LogP contribution in [0.5, 0.6) is 0 Å². The number of nitrogens with zero attached hydrogens (tertiary/aromatic N) is 1. The highest BCUT2D eigenvalue weighted by molar-refractivity contribution is 7.19. The van der Waals surface area contributed by atoms with Gasteiger partial charge in [0.1, 0.15) is 4.34 Å². The second-order valence-corrected chi connectivity index (χ2v) is 6.22. The van der Waals surface area contributed by atoms with E-state index in [4.69, 9.17) is 11.6 Å². The summed E-state index contributed by atoms with van der Waals surface area (Å²) in [6.07, 6.45) is 9.76. The zero-order valence-corrected chi connectivity index (χ0v) is 11.3. The standard InChI is InChI=1S/C12H17ClN2OS/c13-10-8-14-12(17-10)15-11(16)7-6-9-4-2-1-3-5-9/h8-9H,1-7H2,(H,14,15,16). The summed E-state index contributed by atoms with van der Waals surface area (Å²) >= 11 is 7.05. The lowest BCUT2D eigenvalue weighted by molar-refractivity contribution is -0.116. The summed E-state index contributed by atoms with van der Waals surface area (Å²) in [4.78, 5) is 15.7. The van der Waals surface area contributed by atoms with Crippen molar-refractivity contribution < 1.29 is 4.79 Å². The van der Waals surface area contributed by atoms with Gasteiger partial charge in [-0.25, -0.2) is 4.98 Å². The Labute approximate surface area is 111 Å². The lowest BCUT2D eigenvalue weighted by Gasteiger charge is -2.20. The Kier molecular flexibility index (Phi) is 4.80. The van der Waals surface area contributed by atoms with Crippen molar-refractivity contribution in [2.24, 2.45) is 5.92 Å². The van der Waals surface area contributed by atoms with Crippen LogP contribution >= 0.6 is 22.9 Å². The minimum Gasteiger partial charge on any atom is -0.302 e. The summed E-state index contributed by atoms with van der Waals surface area (Å²) in [6.45, 7) is 0. The van der Waals surface area contributed by atoms with E-state index in [-0.39, 0.29) is 5.91 Å². The van der Waals surface area contributed by atoms with Gasteiger partial charge in [-0.3, -0.25) is 4.79 Å². The molecular formula is C12H17ClN2OS. The molecule has 94 valence electrons. The second-order valence-electron chi connectivity index (χ2n) is 4.56. The molecule has 3 nitrogen and oxygen atoms in total. The average molecular weight is 273 g/mol. The molecule has 17 heavy (non-hydrogen) atoms. The molecule has 0 unspecified atom stereocenters. The van der Waals surface area contributed by atoms with Crippen molar-refractivity contribution in [2.45, 2.75) is 44.9 Å². The maximum Gasteiger partial charge on any atom is 0.226 e. The van der Waals surface area contributed by atoms with Gasteiger partial charge in [0.05, 0.1) is 6.20 Å². The third-order valence-electron chi connectivity index (χ3n) is 3.23. The van der Waals surface area contributed by atoms with Gasteiger partial charge in [-0.05, 0) is 12.3 Å². The zero-order chi connectivity index (χ0) is 12.1. The van der Waals surface area contributed by atoms with Crippen LogP contribution in [0.3, 0.4) is 0 Å². The van der Waals surface area contributed by atoms with Gasteiger partial charge in [0.2, 0.25) is 5.91 Å². The molecule has 0 aliphatic heterocycles. The number of carbonyl (C=O) groups is 1.